The van der Waals surface area contributed by atoms with Crippen LogP contribution >= 0.6 is 0 Å². The van der Waals surface area contributed by atoms with Crippen molar-refractivity contribution >= 4 is 0 Å². The van der Waals surface area contributed by atoms with Crippen LogP contribution in [0.1, 0.15) is 20.3 Å². The van der Waals surface area contributed by atoms with Gasteiger partial charge < -0.3 is 4.90 Å². The average Bonchev–Trinajstić information content (AvgIpc) is 2.15. The Morgan fingerprint density at radius 3 is 2.71 bits per heavy atom. The van der Waals surface area contributed by atoms with Gasteiger partial charge in [-0.3, -0.25) is 0 Å². The van der Waals surface area contributed by atoms with Gasteiger partial charge in [0, 0.05) is 24.4 Å². The van der Waals surface area contributed by atoms with E-state index < -0.39 is 0 Å². The highest BCUT2D eigenvalue weighted by atomic mass is 15.1. The van der Waals surface area contributed by atoms with Crippen LogP contribution in [0, 0.1) is 5.41 Å². The van der Waals surface area contributed by atoms with Crippen molar-refractivity contribution in [2.75, 3.05) is 7.05 Å². The van der Waals surface area contributed by atoms with E-state index in [-0.39, 0.29) is 5.41 Å². The van der Waals surface area contributed by atoms with Crippen LogP contribution in [0.3, 0.4) is 0 Å². The minimum absolute atomic E-state index is 0.165. The second-order valence-electron chi connectivity index (χ2n) is 4.16. The number of hydrogen-bond donors (Lipinski definition) is 0. The van der Waals surface area contributed by atoms with E-state index in [2.05, 4.69) is 50.1 Å². The predicted octanol–water partition coefficient (Wildman–Crippen LogP) is 3.49. The van der Waals surface area contributed by atoms with Gasteiger partial charge in [0.15, 0.2) is 0 Å². The van der Waals surface area contributed by atoms with Crippen molar-refractivity contribution in [1.29, 1.82) is 0 Å². The summed E-state index contributed by atoms with van der Waals surface area (Å²) in [5.41, 5.74) is 1.22. The van der Waals surface area contributed by atoms with E-state index in [1.165, 1.54) is 0 Å². The summed E-state index contributed by atoms with van der Waals surface area (Å²) in [7, 11) is 2.02. The fourth-order valence-corrected chi connectivity index (χ4v) is 1.28. The van der Waals surface area contributed by atoms with Crippen molar-refractivity contribution < 1.29 is 0 Å². The van der Waals surface area contributed by atoms with E-state index in [1.54, 1.807) is 0 Å². The zero-order chi connectivity index (χ0) is 10.6. The Morgan fingerprint density at radius 1 is 1.50 bits per heavy atom. The molecule has 0 spiro atoms. The van der Waals surface area contributed by atoms with E-state index in [4.69, 9.17) is 0 Å². The fraction of sp³-hybridized carbons (Fsp3) is 0.385. The van der Waals surface area contributed by atoms with Gasteiger partial charge in [0.1, 0.15) is 0 Å². The predicted molar refractivity (Wildman–Crippen MR) is 62.7 cm³/mol. The molecule has 1 nitrogen and oxygen atoms in total. The van der Waals surface area contributed by atoms with Crippen molar-refractivity contribution in [1.82, 2.24) is 4.90 Å². The van der Waals surface area contributed by atoms with Crippen LogP contribution in [0.25, 0.3) is 0 Å². The van der Waals surface area contributed by atoms with Crippen LogP contribution in [0.4, 0.5) is 0 Å². The first-order chi connectivity index (χ1) is 6.53. The molecule has 0 saturated heterocycles. The topological polar surface area (TPSA) is 3.24 Å². The molecule has 0 saturated carbocycles. The highest BCUT2D eigenvalue weighted by Gasteiger charge is 2.16. The number of allylic oxidation sites excluding steroid dienone is 6. The average molecular weight is 189 g/mol. The molecule has 1 aliphatic carbocycles. The van der Waals surface area contributed by atoms with E-state index in [0.29, 0.717) is 0 Å². The Labute approximate surface area is 87.1 Å². The van der Waals surface area contributed by atoms with Crippen LogP contribution in [0.15, 0.2) is 48.9 Å². The summed E-state index contributed by atoms with van der Waals surface area (Å²) in [6.45, 7) is 8.12. The van der Waals surface area contributed by atoms with Crippen molar-refractivity contribution in [3.05, 3.63) is 48.9 Å². The van der Waals surface area contributed by atoms with E-state index in [9.17, 15) is 0 Å². The summed E-state index contributed by atoms with van der Waals surface area (Å²) >= 11 is 0. The molecule has 0 aliphatic heterocycles. The number of hydrogen-bond acceptors (Lipinski definition) is 1. The summed E-state index contributed by atoms with van der Waals surface area (Å²) in [5.74, 6) is 0. The Kier molecular flexibility index (Phi) is 3.34. The van der Waals surface area contributed by atoms with Crippen molar-refractivity contribution in [2.24, 2.45) is 5.41 Å². The molecule has 0 bridgehead atoms. The van der Waals surface area contributed by atoms with E-state index in [0.717, 1.165) is 12.1 Å². The van der Waals surface area contributed by atoms with Crippen LogP contribution in [0.2, 0.25) is 0 Å². The van der Waals surface area contributed by atoms with Gasteiger partial charge in [-0.15, -0.1) is 0 Å². The lowest BCUT2D eigenvalue weighted by atomic mass is 9.84. The maximum absolute atomic E-state index is 3.88. The lowest BCUT2D eigenvalue weighted by Crippen LogP contribution is -2.13. The monoisotopic (exact) mass is 189 g/mol. The molecule has 1 heteroatoms. The molecule has 76 valence electrons. The van der Waals surface area contributed by atoms with Crippen molar-refractivity contribution in [3.8, 4) is 0 Å². The summed E-state index contributed by atoms with van der Waals surface area (Å²) in [6.07, 6.45) is 14.0. The first kappa shape index (κ1) is 10.8. The molecule has 0 fully saturated rings. The van der Waals surface area contributed by atoms with E-state index >= 15 is 0 Å². The molecule has 1 unspecified atom stereocenters. The highest BCUT2D eigenvalue weighted by Crippen LogP contribution is 2.28. The summed E-state index contributed by atoms with van der Waals surface area (Å²) in [6, 6.07) is 0. The number of rotatable bonds is 3. The molecule has 1 aliphatic rings. The minimum atomic E-state index is 0.165. The van der Waals surface area contributed by atoms with Crippen LogP contribution in [-0.2, 0) is 0 Å². The van der Waals surface area contributed by atoms with Gasteiger partial charge in [0.25, 0.3) is 0 Å². The fourth-order valence-electron chi connectivity index (χ4n) is 1.28. The Bertz CT molecular complexity index is 296. The van der Waals surface area contributed by atoms with Gasteiger partial charge in [-0.05, 0) is 13.3 Å². The van der Waals surface area contributed by atoms with E-state index in [1.807, 2.05) is 18.9 Å². The Balaban J connectivity index is 2.63. The van der Waals surface area contributed by atoms with Gasteiger partial charge in [0.05, 0.1) is 0 Å². The maximum Gasteiger partial charge on any atom is 0.0108 e. The second-order valence-corrected chi connectivity index (χ2v) is 4.16. The lowest BCUT2D eigenvalue weighted by molar-refractivity contribution is 0.519. The van der Waals surface area contributed by atoms with Crippen LogP contribution in [0.5, 0.6) is 0 Å². The largest absolute Gasteiger partial charge is 0.356 e. The lowest BCUT2D eigenvalue weighted by Gasteiger charge is -2.23. The molecule has 0 aromatic carbocycles. The Morgan fingerprint density at radius 2 is 2.21 bits per heavy atom. The van der Waals surface area contributed by atoms with Gasteiger partial charge >= 0.3 is 0 Å². The highest BCUT2D eigenvalue weighted by molar-refractivity contribution is 5.21. The van der Waals surface area contributed by atoms with Gasteiger partial charge in [-0.1, -0.05) is 43.9 Å². The molecule has 0 amide bonds. The summed E-state index contributed by atoms with van der Waals surface area (Å²) in [5, 5.41) is 0. The second kappa shape index (κ2) is 4.32. The van der Waals surface area contributed by atoms with Crippen molar-refractivity contribution in [3.63, 3.8) is 0 Å². The zero-order valence-electron chi connectivity index (χ0n) is 9.33. The third-order valence-electron chi connectivity index (χ3n) is 2.56. The zero-order valence-corrected chi connectivity index (χ0v) is 9.33. The summed E-state index contributed by atoms with van der Waals surface area (Å²) < 4.78 is 0. The third-order valence-corrected chi connectivity index (χ3v) is 2.56. The van der Waals surface area contributed by atoms with Gasteiger partial charge in [0.2, 0.25) is 0 Å². The standard InChI is InChI=1S/C13H19N/c1-12(2)14(4)11-10-13(3)8-6-5-7-9-13/h5-8,10-11H,1,9H2,2-4H3/b11-10-. The van der Waals surface area contributed by atoms with Crippen molar-refractivity contribution in [2.45, 2.75) is 20.3 Å². The first-order valence-corrected chi connectivity index (χ1v) is 4.96. The molecule has 0 aromatic heterocycles. The Hall–Kier alpha value is -1.24. The molecule has 0 heterocycles. The normalized spacial score (nSPS) is 25.6. The molecule has 1 atom stereocenters. The maximum atomic E-state index is 3.88. The molecular weight excluding hydrogens is 170 g/mol. The molecule has 0 N–H and O–H groups in total. The van der Waals surface area contributed by atoms with Crippen LogP contribution in [-0.4, -0.2) is 11.9 Å². The smallest absolute Gasteiger partial charge is 0.0108 e. The van der Waals surface area contributed by atoms with Crippen LogP contribution < -0.4 is 0 Å². The first-order valence-electron chi connectivity index (χ1n) is 4.96. The minimum Gasteiger partial charge on any atom is -0.356 e. The number of nitrogens with zero attached hydrogens (tertiary/aromatic N) is 1. The SMILES string of the molecule is C=C(C)N(C)/C=C\C1(C)C=CC=CC1. The molecule has 0 aromatic rings. The summed E-state index contributed by atoms with van der Waals surface area (Å²) in [4.78, 5) is 2.04. The third kappa shape index (κ3) is 2.91. The van der Waals surface area contributed by atoms with Gasteiger partial charge in [-0.2, -0.15) is 0 Å². The quantitative estimate of drug-likeness (QED) is 0.657. The molecule has 14 heavy (non-hydrogen) atoms. The molecule has 0 radical (unpaired) electrons. The molecule has 1 rings (SSSR count). The molecular formula is C13H19N. The van der Waals surface area contributed by atoms with Gasteiger partial charge in [-0.25, -0.2) is 0 Å².